The van der Waals surface area contributed by atoms with E-state index < -0.39 is 0 Å². The van der Waals surface area contributed by atoms with Crippen LogP contribution >= 0.6 is 0 Å². The first-order valence-electron chi connectivity index (χ1n) is 8.45. The second kappa shape index (κ2) is 9.20. The number of halogens is 1. The third-order valence-corrected chi connectivity index (χ3v) is 4.06. The number of methoxy groups -OCH3 is 2. The third kappa shape index (κ3) is 5.20. The van der Waals surface area contributed by atoms with Gasteiger partial charge >= 0.3 is 0 Å². The quantitative estimate of drug-likeness (QED) is 0.752. The summed E-state index contributed by atoms with van der Waals surface area (Å²) in [5, 5.41) is 6.06. The van der Waals surface area contributed by atoms with Gasteiger partial charge in [-0.05, 0) is 35.7 Å². The smallest absolute Gasteiger partial charge is 0.238 e. The monoisotopic (exact) mass is 360 g/mol. The van der Waals surface area contributed by atoms with Crippen molar-refractivity contribution in [2.75, 3.05) is 26.1 Å². The van der Waals surface area contributed by atoms with Gasteiger partial charge in [0.25, 0.3) is 0 Å². The molecule has 1 unspecified atom stereocenters. The molecule has 0 aliphatic rings. The fraction of sp³-hybridized carbons (Fsp3) is 0.350. The van der Waals surface area contributed by atoms with E-state index in [9.17, 15) is 9.18 Å². The van der Waals surface area contributed by atoms with Crippen molar-refractivity contribution in [2.24, 2.45) is 5.92 Å². The summed E-state index contributed by atoms with van der Waals surface area (Å²) in [6.45, 7) is 4.20. The molecule has 0 aliphatic carbocycles. The Labute approximate surface area is 153 Å². The zero-order valence-corrected chi connectivity index (χ0v) is 15.5. The maximum atomic E-state index is 13.1. The zero-order valence-electron chi connectivity index (χ0n) is 15.5. The van der Waals surface area contributed by atoms with Crippen LogP contribution in [0, 0.1) is 11.7 Å². The van der Waals surface area contributed by atoms with Crippen LogP contribution in [0.2, 0.25) is 0 Å². The van der Waals surface area contributed by atoms with Gasteiger partial charge in [-0.1, -0.05) is 26.0 Å². The van der Waals surface area contributed by atoms with Crippen molar-refractivity contribution in [2.45, 2.75) is 19.9 Å². The lowest BCUT2D eigenvalue weighted by molar-refractivity contribution is -0.115. The van der Waals surface area contributed by atoms with Crippen LogP contribution in [0.15, 0.2) is 42.5 Å². The van der Waals surface area contributed by atoms with Crippen molar-refractivity contribution >= 4 is 11.6 Å². The highest BCUT2D eigenvalue weighted by molar-refractivity contribution is 5.94. The summed E-state index contributed by atoms with van der Waals surface area (Å²) >= 11 is 0. The van der Waals surface area contributed by atoms with Crippen LogP contribution in [-0.4, -0.2) is 26.7 Å². The summed E-state index contributed by atoms with van der Waals surface area (Å²) in [7, 11) is 3.10. The summed E-state index contributed by atoms with van der Waals surface area (Å²) in [5.74, 6) is 0.932. The number of anilines is 1. The van der Waals surface area contributed by atoms with Crippen LogP contribution in [0.1, 0.15) is 25.5 Å². The molecular weight excluding hydrogens is 335 g/mol. The summed E-state index contributed by atoms with van der Waals surface area (Å²) < 4.78 is 23.6. The van der Waals surface area contributed by atoms with E-state index in [1.54, 1.807) is 44.6 Å². The van der Waals surface area contributed by atoms with E-state index in [1.165, 1.54) is 12.1 Å². The van der Waals surface area contributed by atoms with Crippen molar-refractivity contribution in [3.8, 4) is 11.5 Å². The highest BCUT2D eigenvalue weighted by Crippen LogP contribution is 2.29. The molecule has 0 saturated heterocycles. The van der Waals surface area contributed by atoms with Crippen LogP contribution in [0.25, 0.3) is 0 Å². The molecule has 2 rings (SSSR count). The molecule has 0 fully saturated rings. The predicted molar refractivity (Wildman–Crippen MR) is 100 cm³/mol. The zero-order chi connectivity index (χ0) is 19.1. The minimum Gasteiger partial charge on any atom is -0.497 e. The van der Waals surface area contributed by atoms with E-state index in [1.807, 2.05) is 13.8 Å². The molecule has 0 aromatic heterocycles. The van der Waals surface area contributed by atoms with Gasteiger partial charge in [-0.2, -0.15) is 0 Å². The molecule has 0 bridgehead atoms. The van der Waals surface area contributed by atoms with Gasteiger partial charge in [0.1, 0.15) is 17.3 Å². The first-order chi connectivity index (χ1) is 12.4. The summed E-state index contributed by atoms with van der Waals surface area (Å²) in [4.78, 5) is 12.4. The Hall–Kier alpha value is -2.60. The van der Waals surface area contributed by atoms with Crippen LogP contribution in [-0.2, 0) is 4.79 Å². The van der Waals surface area contributed by atoms with Crippen LogP contribution in [0.3, 0.4) is 0 Å². The molecule has 2 aromatic carbocycles. The molecule has 0 spiro atoms. The van der Waals surface area contributed by atoms with Crippen LogP contribution < -0.4 is 20.1 Å². The summed E-state index contributed by atoms with van der Waals surface area (Å²) in [6.07, 6.45) is 0. The molecule has 0 heterocycles. The van der Waals surface area contributed by atoms with Crippen molar-refractivity contribution in [1.29, 1.82) is 0 Å². The van der Waals surface area contributed by atoms with Crippen molar-refractivity contribution in [1.82, 2.24) is 5.32 Å². The Balaban J connectivity index is 2.03. The summed E-state index contributed by atoms with van der Waals surface area (Å²) in [5.41, 5.74) is 1.48. The van der Waals surface area contributed by atoms with E-state index in [-0.39, 0.29) is 30.2 Å². The van der Waals surface area contributed by atoms with Gasteiger partial charge in [0.2, 0.25) is 5.91 Å². The van der Waals surface area contributed by atoms with E-state index >= 15 is 0 Å². The maximum absolute atomic E-state index is 13.1. The molecule has 2 aromatic rings. The SMILES string of the molecule is COc1ccc(OC)c(NC(=O)CNC(c2ccc(F)cc2)C(C)C)c1. The lowest BCUT2D eigenvalue weighted by atomic mass is 9.96. The lowest BCUT2D eigenvalue weighted by Gasteiger charge is -2.23. The second-order valence-electron chi connectivity index (χ2n) is 6.27. The van der Waals surface area contributed by atoms with E-state index in [4.69, 9.17) is 9.47 Å². The predicted octanol–water partition coefficient (Wildman–Crippen LogP) is 3.77. The largest absolute Gasteiger partial charge is 0.497 e. The highest BCUT2D eigenvalue weighted by Gasteiger charge is 2.17. The Morgan fingerprint density at radius 1 is 1.08 bits per heavy atom. The number of benzene rings is 2. The average Bonchev–Trinajstić information content (AvgIpc) is 2.63. The number of rotatable bonds is 8. The average molecular weight is 360 g/mol. The molecule has 2 N–H and O–H groups in total. The van der Waals surface area contributed by atoms with E-state index in [2.05, 4.69) is 10.6 Å². The Morgan fingerprint density at radius 3 is 2.35 bits per heavy atom. The Kier molecular flexibility index (Phi) is 6.97. The minimum atomic E-state index is -0.279. The van der Waals surface area contributed by atoms with Gasteiger partial charge in [-0.25, -0.2) is 4.39 Å². The first kappa shape index (κ1) is 19.7. The molecule has 140 valence electrons. The number of hydrogen-bond acceptors (Lipinski definition) is 4. The van der Waals surface area contributed by atoms with Crippen molar-refractivity contribution in [3.63, 3.8) is 0 Å². The minimum absolute atomic E-state index is 0.0615. The number of ether oxygens (including phenoxy) is 2. The lowest BCUT2D eigenvalue weighted by Crippen LogP contribution is -2.33. The van der Waals surface area contributed by atoms with Crippen molar-refractivity contribution in [3.05, 3.63) is 53.8 Å². The van der Waals surface area contributed by atoms with E-state index in [0.29, 0.717) is 17.2 Å². The third-order valence-electron chi connectivity index (χ3n) is 4.06. The molecule has 6 heteroatoms. The number of carbonyl (C=O) groups is 1. The van der Waals surface area contributed by atoms with Gasteiger partial charge in [0, 0.05) is 12.1 Å². The van der Waals surface area contributed by atoms with Crippen LogP contribution in [0.4, 0.5) is 10.1 Å². The maximum Gasteiger partial charge on any atom is 0.238 e. The van der Waals surface area contributed by atoms with E-state index in [0.717, 1.165) is 5.56 Å². The molecule has 0 radical (unpaired) electrons. The highest BCUT2D eigenvalue weighted by atomic mass is 19.1. The molecule has 26 heavy (non-hydrogen) atoms. The Morgan fingerprint density at radius 2 is 1.77 bits per heavy atom. The summed E-state index contributed by atoms with van der Waals surface area (Å²) in [6, 6.07) is 11.4. The number of hydrogen-bond donors (Lipinski definition) is 2. The Bertz CT molecular complexity index is 732. The molecule has 1 amide bonds. The van der Waals surface area contributed by atoms with Gasteiger partial charge < -0.3 is 20.1 Å². The first-order valence-corrected chi connectivity index (χ1v) is 8.45. The van der Waals surface area contributed by atoms with Gasteiger partial charge in [0.15, 0.2) is 0 Å². The normalized spacial score (nSPS) is 11.9. The van der Waals surface area contributed by atoms with Crippen LogP contribution in [0.5, 0.6) is 11.5 Å². The fourth-order valence-corrected chi connectivity index (χ4v) is 2.72. The number of amides is 1. The number of nitrogens with one attached hydrogen (secondary N) is 2. The molecule has 0 aliphatic heterocycles. The molecule has 5 nitrogen and oxygen atoms in total. The fourth-order valence-electron chi connectivity index (χ4n) is 2.72. The molecule has 0 saturated carbocycles. The standard InChI is InChI=1S/C20H25FN2O3/c1-13(2)20(14-5-7-15(21)8-6-14)22-12-19(24)23-17-11-16(25-3)9-10-18(17)26-4/h5-11,13,20,22H,12H2,1-4H3,(H,23,24). The topological polar surface area (TPSA) is 59.6 Å². The number of carbonyl (C=O) groups excluding carboxylic acids is 1. The molecule has 1 atom stereocenters. The van der Waals surface area contributed by atoms with Gasteiger partial charge in [0.05, 0.1) is 26.5 Å². The second-order valence-corrected chi connectivity index (χ2v) is 6.27. The van der Waals surface area contributed by atoms with Gasteiger partial charge in [-0.15, -0.1) is 0 Å². The van der Waals surface area contributed by atoms with Crippen molar-refractivity contribution < 1.29 is 18.7 Å². The molecular formula is C20H25FN2O3. The van der Waals surface area contributed by atoms with Gasteiger partial charge in [-0.3, -0.25) is 4.79 Å².